The second-order valence-corrected chi connectivity index (χ2v) is 17.5. The molecule has 0 aromatic heterocycles. The molecule has 2 heterocycles. The Morgan fingerprint density at radius 1 is 0.648 bits per heavy atom. The van der Waals surface area contributed by atoms with Crippen molar-refractivity contribution in [3.8, 4) is 0 Å². The molecule has 8 rings (SSSR count). The van der Waals surface area contributed by atoms with Crippen LogP contribution in [0, 0.1) is 31.9 Å². The number of hydrogen-bond donors (Lipinski definition) is 4. The number of rotatable bonds is 12. The van der Waals surface area contributed by atoms with Crippen LogP contribution in [0.3, 0.4) is 0 Å². The van der Waals surface area contributed by atoms with Crippen LogP contribution in [0.1, 0.15) is 84.7 Å². The number of nitro groups is 2. The molecule has 2 saturated carbocycles. The van der Waals surface area contributed by atoms with Gasteiger partial charge in [-0.2, -0.15) is 26.3 Å². The number of benzene rings is 4. The number of amides is 1. The second kappa shape index (κ2) is 24.1. The van der Waals surface area contributed by atoms with Gasteiger partial charge in [0, 0.05) is 55.2 Å². The van der Waals surface area contributed by atoms with Gasteiger partial charge in [0.2, 0.25) is 5.91 Å². The number of halogens is 8. The molecule has 15 nitrogen and oxygen atoms in total. The summed E-state index contributed by atoms with van der Waals surface area (Å²) in [6, 6.07) is 15.1. The van der Waals surface area contributed by atoms with Gasteiger partial charge in [-0.15, -0.1) is 0 Å². The lowest BCUT2D eigenvalue weighted by molar-refractivity contribution is -0.388. The summed E-state index contributed by atoms with van der Waals surface area (Å²) in [6.45, 7) is 2.34. The second-order valence-electron chi connectivity index (χ2n) is 17.5. The minimum Gasteiger partial charge on any atom is -0.480 e. The van der Waals surface area contributed by atoms with Crippen LogP contribution in [0.2, 0.25) is 0 Å². The van der Waals surface area contributed by atoms with Crippen molar-refractivity contribution in [3.63, 3.8) is 0 Å². The highest BCUT2D eigenvalue weighted by molar-refractivity contribution is 5.77. The van der Waals surface area contributed by atoms with Gasteiger partial charge in [-0.25, -0.2) is 13.6 Å². The Balaban J connectivity index is 0.000000198. The van der Waals surface area contributed by atoms with Gasteiger partial charge in [-0.3, -0.25) is 25.0 Å². The number of anilines is 2. The summed E-state index contributed by atoms with van der Waals surface area (Å²) < 4.78 is 116. The lowest BCUT2D eigenvalue weighted by atomic mass is 9.92. The van der Waals surface area contributed by atoms with Gasteiger partial charge in [0.05, 0.1) is 22.1 Å². The lowest BCUT2D eigenvalue weighted by Gasteiger charge is -2.32. The van der Waals surface area contributed by atoms with Crippen molar-refractivity contribution < 1.29 is 69.1 Å². The quantitative estimate of drug-likeness (QED) is 0.0596. The molecule has 2 aliphatic heterocycles. The molecule has 0 saturated heterocycles. The largest absolute Gasteiger partial charge is 0.480 e. The van der Waals surface area contributed by atoms with Crippen LogP contribution in [0.5, 0.6) is 0 Å². The summed E-state index contributed by atoms with van der Waals surface area (Å²) in [5.74, 6) is -1.59. The molecule has 2 fully saturated rings. The van der Waals surface area contributed by atoms with Crippen molar-refractivity contribution in [2.45, 2.75) is 114 Å². The number of carboxylic acid groups (broad SMARTS) is 1. The van der Waals surface area contributed by atoms with E-state index >= 15 is 0 Å². The first-order valence-electron chi connectivity index (χ1n) is 22.8. The highest BCUT2D eigenvalue weighted by Crippen LogP contribution is 2.40. The van der Waals surface area contributed by atoms with Crippen molar-refractivity contribution in [1.82, 2.24) is 10.2 Å². The van der Waals surface area contributed by atoms with Crippen LogP contribution in [-0.4, -0.2) is 82.3 Å². The summed E-state index contributed by atoms with van der Waals surface area (Å²) in [4.78, 5) is 44.3. The summed E-state index contributed by atoms with van der Waals surface area (Å²) in [6.07, 6.45) is -3.53. The van der Waals surface area contributed by atoms with Crippen molar-refractivity contribution in [2.75, 3.05) is 36.9 Å². The van der Waals surface area contributed by atoms with E-state index in [9.17, 15) is 64.9 Å². The number of carbonyl (C=O) groups is 2. The highest BCUT2D eigenvalue weighted by Gasteiger charge is 2.40. The number of carboxylic acids is 1. The Morgan fingerprint density at radius 3 is 1.58 bits per heavy atom. The topological polar surface area (TPSA) is 198 Å². The predicted octanol–water partition coefficient (Wildman–Crippen LogP) is 9.99. The van der Waals surface area contributed by atoms with Crippen LogP contribution in [0.25, 0.3) is 0 Å². The predicted molar refractivity (Wildman–Crippen MR) is 242 cm³/mol. The molecule has 0 radical (unpaired) electrons. The number of carbonyl (C=O) groups excluding carboxylic acids is 1. The van der Waals surface area contributed by atoms with E-state index in [-0.39, 0.29) is 66.4 Å². The molecule has 0 atom stereocenters. The molecule has 0 bridgehead atoms. The normalized spacial score (nSPS) is 19.9. The standard InChI is InChI=1S/C24H25F4N3O4.C15H17F3N2O5.C9H10FN/c25-17-2-1-16-13-30(10-9-15(16)11-17)23(32)14-35-20-6-3-18(4-7-20)29-19-5-8-22(31(33)34)21(12-19)24(26,27)28;16-15(17,18)12-7-10(3-6-13(12)20(23)24)19-9-1-4-11(5-2-9)25-8-14(21)22;10-9-2-1-8-6-11-4-3-7(8)5-9/h1-2,5,8,11-12,18,20,29H,3-4,6-7,9-10,13-14H2;3,6-7,9,11,19H,1-2,4-5,8H2,(H,21,22);1-2,5,11H,3-4,6H2. The molecule has 0 unspecified atom stereocenters. The van der Waals surface area contributed by atoms with Crippen LogP contribution in [0.15, 0.2) is 72.8 Å². The fourth-order valence-corrected chi connectivity index (χ4v) is 8.89. The third-order valence-corrected chi connectivity index (χ3v) is 12.6. The van der Waals surface area contributed by atoms with E-state index in [1.165, 1.54) is 35.9 Å². The monoisotopic (exact) mass is 1010 g/mol. The maximum Gasteiger partial charge on any atom is 0.423 e. The molecule has 71 heavy (non-hydrogen) atoms. The molecule has 4 aromatic carbocycles. The van der Waals surface area contributed by atoms with Crippen LogP contribution in [-0.2, 0) is 57.3 Å². The third-order valence-electron chi connectivity index (χ3n) is 12.6. The molecule has 4 aliphatic rings. The van der Waals surface area contributed by atoms with Gasteiger partial charge in [0.1, 0.15) is 36.0 Å². The van der Waals surface area contributed by atoms with Crippen molar-refractivity contribution >= 4 is 34.6 Å². The van der Waals surface area contributed by atoms with E-state index in [0.29, 0.717) is 70.9 Å². The first-order chi connectivity index (χ1) is 33.6. The molecule has 4 aromatic rings. The number of hydrogen-bond acceptors (Lipinski definition) is 11. The first-order valence-corrected chi connectivity index (χ1v) is 22.8. The molecule has 4 N–H and O–H groups in total. The summed E-state index contributed by atoms with van der Waals surface area (Å²) in [7, 11) is 0. The van der Waals surface area contributed by atoms with E-state index in [1.807, 2.05) is 6.07 Å². The third kappa shape index (κ3) is 15.8. The summed E-state index contributed by atoms with van der Waals surface area (Å²) in [5, 5.41) is 39.4. The van der Waals surface area contributed by atoms with Gasteiger partial charge in [0.25, 0.3) is 11.4 Å². The minimum atomic E-state index is -4.83. The maximum atomic E-state index is 13.4. The number of nitro benzene ring substituents is 2. The number of nitrogens with one attached hydrogen (secondary N) is 3. The lowest BCUT2D eigenvalue weighted by Crippen LogP contribution is -2.39. The van der Waals surface area contributed by atoms with Gasteiger partial charge < -0.3 is 35.4 Å². The number of fused-ring (bicyclic) bond motifs is 2. The van der Waals surface area contributed by atoms with Crippen LogP contribution < -0.4 is 16.0 Å². The zero-order valence-corrected chi connectivity index (χ0v) is 38.1. The van der Waals surface area contributed by atoms with E-state index in [1.54, 1.807) is 17.0 Å². The SMILES string of the molecule is Fc1ccc2c(c1)CCNC2.O=C(COC1CCC(Nc2ccc([N+](=O)[O-])c(C(F)(F)F)c2)CC1)N1CCc2cc(F)ccc2C1.O=C(O)COC1CCC(Nc2ccc([N+](=O)[O-])c(C(F)(F)F)c2)CC1. The van der Waals surface area contributed by atoms with E-state index in [0.717, 1.165) is 60.5 Å². The first kappa shape index (κ1) is 53.9. The van der Waals surface area contributed by atoms with Crippen molar-refractivity contribution in [3.05, 3.63) is 138 Å². The Labute approximate surface area is 402 Å². The van der Waals surface area contributed by atoms with Gasteiger partial charge in [-0.05, 0) is 142 Å². The Kier molecular flexibility index (Phi) is 18.3. The molecule has 23 heteroatoms. The zero-order chi connectivity index (χ0) is 51.5. The average molecular weight is 1010 g/mol. The summed E-state index contributed by atoms with van der Waals surface area (Å²) >= 11 is 0. The number of nitrogens with zero attached hydrogens (tertiary/aromatic N) is 3. The molecule has 0 spiro atoms. The molecule has 2 aliphatic carbocycles. The molecular formula is C48H52F8N6O9. The van der Waals surface area contributed by atoms with Crippen molar-refractivity contribution in [2.24, 2.45) is 0 Å². The summed E-state index contributed by atoms with van der Waals surface area (Å²) in [5.41, 5.74) is 0.0307. The van der Waals surface area contributed by atoms with Crippen LogP contribution in [0.4, 0.5) is 57.9 Å². The van der Waals surface area contributed by atoms with Crippen molar-refractivity contribution in [1.29, 1.82) is 0 Å². The molecular weight excluding hydrogens is 957 g/mol. The smallest absolute Gasteiger partial charge is 0.423 e. The molecule has 1 amide bonds. The van der Waals surface area contributed by atoms with Gasteiger partial charge in [-0.1, -0.05) is 12.1 Å². The number of aliphatic carboxylic acids is 1. The fourth-order valence-electron chi connectivity index (χ4n) is 8.89. The average Bonchev–Trinajstić information content (AvgIpc) is 3.33. The van der Waals surface area contributed by atoms with E-state index in [4.69, 9.17) is 14.6 Å². The van der Waals surface area contributed by atoms with E-state index < -0.39 is 50.7 Å². The van der Waals surface area contributed by atoms with Crippen LogP contribution >= 0.6 is 0 Å². The maximum absolute atomic E-state index is 13.4. The number of ether oxygens (including phenoxy) is 2. The molecule has 384 valence electrons. The fraction of sp³-hybridized carbons (Fsp3) is 0.458. The zero-order valence-electron chi connectivity index (χ0n) is 38.1. The van der Waals surface area contributed by atoms with Gasteiger partial charge in [0.15, 0.2) is 0 Å². The Hall–Kier alpha value is -6.46. The Bertz CT molecular complexity index is 2510. The van der Waals surface area contributed by atoms with E-state index in [2.05, 4.69) is 16.0 Å². The van der Waals surface area contributed by atoms with Gasteiger partial charge >= 0.3 is 18.3 Å². The number of alkyl halides is 6. The Morgan fingerprint density at radius 2 is 1.11 bits per heavy atom. The highest BCUT2D eigenvalue weighted by atomic mass is 19.4. The minimum absolute atomic E-state index is 0.0589.